The quantitative estimate of drug-likeness (QED) is 0.252. The normalized spacial score (nSPS) is 20.0. The molecule has 1 aliphatic rings. The van der Waals surface area contributed by atoms with E-state index in [0.29, 0.717) is 28.8 Å². The third kappa shape index (κ3) is 7.17. The molecule has 0 aromatic heterocycles. The summed E-state index contributed by atoms with van der Waals surface area (Å²) >= 11 is 6.00. The van der Waals surface area contributed by atoms with Crippen LogP contribution in [0.3, 0.4) is 0 Å². The molecule has 1 aliphatic heterocycles. The predicted molar refractivity (Wildman–Crippen MR) is 136 cm³/mol. The van der Waals surface area contributed by atoms with Crippen LogP contribution >= 0.6 is 11.6 Å². The lowest BCUT2D eigenvalue weighted by atomic mass is 9.80. The second kappa shape index (κ2) is 11.9. The smallest absolute Gasteiger partial charge is 0.427 e. The highest BCUT2D eigenvalue weighted by molar-refractivity contribution is 7.85. The molecule has 1 unspecified atom stereocenters. The number of rotatable bonds is 12. The fraction of sp³-hybridized carbons (Fsp3) is 0.391. The monoisotopic (exact) mass is 536 g/mol. The summed E-state index contributed by atoms with van der Waals surface area (Å²) in [6.45, 7) is 0.968. The number of carbonyl (C=O) groups is 2. The number of halogens is 2. The van der Waals surface area contributed by atoms with Gasteiger partial charge >= 0.3 is 14.5 Å². The van der Waals surface area contributed by atoms with Gasteiger partial charge in [0.05, 0.1) is 18.3 Å². The fourth-order valence-electron chi connectivity index (χ4n) is 4.38. The highest BCUT2D eigenvalue weighted by atomic mass is 35.5. The van der Waals surface area contributed by atoms with Gasteiger partial charge in [0.25, 0.3) is 10.1 Å². The number of amides is 1. The highest BCUT2D eigenvalue weighted by Gasteiger charge is 2.51. The van der Waals surface area contributed by atoms with Gasteiger partial charge in [-0.25, -0.2) is 4.39 Å². The molecule has 1 radical (unpaired) electrons. The van der Waals surface area contributed by atoms with Crippen LogP contribution in [0.25, 0.3) is 11.1 Å². The number of nitrogens with zero attached hydrogens (tertiary/aromatic N) is 1. The Morgan fingerprint density at radius 1 is 1.31 bits per heavy atom. The SMILES string of the molecule is CB(O)OCC1(CCOS(C)(=O)=O)C[C@@H](Cc2ccc(-c3cc(Cl)ccc3F)cc2)N([B]C=O)C1=O. The van der Waals surface area contributed by atoms with Crippen molar-refractivity contribution in [3.63, 3.8) is 0 Å². The zero-order valence-corrected chi connectivity index (χ0v) is 21.5. The van der Waals surface area contributed by atoms with Crippen molar-refractivity contribution in [2.24, 2.45) is 5.41 Å². The molecule has 8 nitrogen and oxygen atoms in total. The molecule has 1 heterocycles. The predicted octanol–water partition coefficient (Wildman–Crippen LogP) is 2.58. The Kier molecular flexibility index (Phi) is 9.34. The molecule has 2 atom stereocenters. The summed E-state index contributed by atoms with van der Waals surface area (Å²) < 4.78 is 47.3. The Balaban J connectivity index is 1.83. The van der Waals surface area contributed by atoms with Crippen LogP contribution in [0.4, 0.5) is 4.39 Å². The minimum atomic E-state index is -3.72. The molecule has 1 saturated heterocycles. The van der Waals surface area contributed by atoms with E-state index < -0.39 is 40.4 Å². The van der Waals surface area contributed by atoms with E-state index >= 15 is 0 Å². The van der Waals surface area contributed by atoms with Gasteiger partial charge in [0.2, 0.25) is 5.91 Å². The Labute approximate surface area is 216 Å². The molecule has 2 aromatic carbocycles. The lowest BCUT2D eigenvalue weighted by Gasteiger charge is -2.27. The Bertz CT molecular complexity index is 1200. The number of benzene rings is 2. The van der Waals surface area contributed by atoms with Crippen molar-refractivity contribution >= 4 is 48.3 Å². The number of carbonyl (C=O) groups excluding carboxylic acids is 2. The largest absolute Gasteiger partial charge is 0.450 e. The molecule has 0 bridgehead atoms. The second-order valence-corrected chi connectivity index (χ2v) is 10.9. The molecule has 13 heteroatoms. The van der Waals surface area contributed by atoms with Gasteiger partial charge in [-0.1, -0.05) is 35.9 Å². The van der Waals surface area contributed by atoms with Gasteiger partial charge in [-0.2, -0.15) is 8.42 Å². The van der Waals surface area contributed by atoms with Crippen LogP contribution in [0.5, 0.6) is 0 Å². The van der Waals surface area contributed by atoms with Gasteiger partial charge in [0.15, 0.2) is 0 Å². The fourth-order valence-corrected chi connectivity index (χ4v) is 4.94. The highest BCUT2D eigenvalue weighted by Crippen LogP contribution is 2.41. The van der Waals surface area contributed by atoms with E-state index in [4.69, 9.17) is 20.4 Å². The van der Waals surface area contributed by atoms with Gasteiger partial charge in [-0.15, -0.1) is 0 Å². The topological polar surface area (TPSA) is 110 Å². The third-order valence-electron chi connectivity index (χ3n) is 6.07. The Morgan fingerprint density at radius 2 is 2.00 bits per heavy atom. The molecule has 2 aromatic rings. The van der Waals surface area contributed by atoms with E-state index in [-0.39, 0.29) is 26.1 Å². The lowest BCUT2D eigenvalue weighted by molar-refractivity contribution is -0.135. The van der Waals surface area contributed by atoms with Crippen molar-refractivity contribution in [1.29, 1.82) is 0 Å². The van der Waals surface area contributed by atoms with Gasteiger partial charge in [-0.3, -0.25) is 8.98 Å². The standard InChI is InChI=1S/C23H26B2ClFNO7S/c1-25(31)34-14-23(9-10-35-36(2,32)33)13-19(28(22(23)30)24-15-29)11-16-3-5-17(6-4-16)20-12-18(26)7-8-21(20)27/h3-8,12,15,19,31H,9-11,13-14H2,1-2H3/t19-,23?/m1/s1. The summed E-state index contributed by atoms with van der Waals surface area (Å²) in [5.41, 5.74) is 0.634. The van der Waals surface area contributed by atoms with Crippen molar-refractivity contribution in [1.82, 2.24) is 4.81 Å². The van der Waals surface area contributed by atoms with Crippen molar-refractivity contribution in [3.05, 3.63) is 58.9 Å². The Morgan fingerprint density at radius 3 is 2.61 bits per heavy atom. The van der Waals surface area contributed by atoms with Crippen LogP contribution in [-0.4, -0.2) is 70.4 Å². The van der Waals surface area contributed by atoms with Gasteiger partial charge < -0.3 is 19.3 Å². The van der Waals surface area contributed by atoms with E-state index in [9.17, 15) is 27.4 Å². The molecular formula is C23H26B2ClFNO7S. The minimum absolute atomic E-state index is 0.0122. The zero-order chi connectivity index (χ0) is 26.5. The summed E-state index contributed by atoms with van der Waals surface area (Å²) in [5.74, 6) is -0.825. The van der Waals surface area contributed by atoms with E-state index in [1.54, 1.807) is 24.3 Å². The van der Waals surface area contributed by atoms with Crippen LogP contribution in [0.15, 0.2) is 42.5 Å². The molecule has 1 fully saturated rings. The molecule has 0 aliphatic carbocycles. The van der Waals surface area contributed by atoms with Gasteiger partial charge in [0.1, 0.15) is 12.0 Å². The molecular weight excluding hydrogens is 510 g/mol. The lowest BCUT2D eigenvalue weighted by Crippen LogP contribution is -2.43. The first kappa shape index (κ1) is 28.3. The second-order valence-electron chi connectivity index (χ2n) is 8.85. The first-order valence-electron chi connectivity index (χ1n) is 11.2. The van der Waals surface area contributed by atoms with Crippen molar-refractivity contribution < 1.29 is 36.3 Å². The van der Waals surface area contributed by atoms with Crippen LogP contribution in [0.2, 0.25) is 11.8 Å². The maximum atomic E-state index is 14.2. The van der Waals surface area contributed by atoms with E-state index in [1.165, 1.54) is 29.8 Å². The van der Waals surface area contributed by atoms with E-state index in [0.717, 1.165) is 19.2 Å². The van der Waals surface area contributed by atoms with Gasteiger partial charge in [-0.05, 0) is 55.4 Å². The molecule has 36 heavy (non-hydrogen) atoms. The van der Waals surface area contributed by atoms with Crippen LogP contribution in [-0.2, 0) is 35.0 Å². The third-order valence-corrected chi connectivity index (χ3v) is 6.90. The van der Waals surface area contributed by atoms with Gasteiger partial charge in [0, 0.05) is 23.2 Å². The molecule has 0 saturated carbocycles. The maximum Gasteiger partial charge on any atom is 0.450 e. The average molecular weight is 537 g/mol. The summed E-state index contributed by atoms with van der Waals surface area (Å²) in [7, 11) is -3.73. The van der Waals surface area contributed by atoms with E-state index in [2.05, 4.69) is 0 Å². The van der Waals surface area contributed by atoms with Crippen molar-refractivity contribution in [2.45, 2.75) is 32.1 Å². The first-order valence-corrected chi connectivity index (χ1v) is 13.4. The summed E-state index contributed by atoms with van der Waals surface area (Å²) in [4.78, 5) is 26.0. The zero-order valence-electron chi connectivity index (χ0n) is 19.9. The molecule has 1 amide bonds. The Hall–Kier alpha value is -2.24. The van der Waals surface area contributed by atoms with Crippen LogP contribution in [0.1, 0.15) is 18.4 Å². The van der Waals surface area contributed by atoms with Crippen LogP contribution in [0, 0.1) is 11.2 Å². The minimum Gasteiger partial charge on any atom is -0.427 e. The number of hydrogen-bond acceptors (Lipinski definition) is 7. The van der Waals surface area contributed by atoms with Crippen molar-refractivity contribution in [3.8, 4) is 11.1 Å². The summed E-state index contributed by atoms with van der Waals surface area (Å²) in [5, 5.41) is 10.0. The summed E-state index contributed by atoms with van der Waals surface area (Å²) in [6.07, 6.45) is 2.04. The maximum absolute atomic E-state index is 14.2. The van der Waals surface area contributed by atoms with E-state index in [1.807, 2.05) is 0 Å². The number of hydrogen-bond donors (Lipinski definition) is 1. The summed E-state index contributed by atoms with van der Waals surface area (Å²) in [6, 6.07) is 11.0. The van der Waals surface area contributed by atoms with Crippen molar-refractivity contribution in [2.75, 3.05) is 19.5 Å². The average Bonchev–Trinajstić information content (AvgIpc) is 3.05. The molecule has 0 spiro atoms. The molecule has 191 valence electrons. The first-order chi connectivity index (χ1) is 16.9. The van der Waals surface area contributed by atoms with Crippen LogP contribution < -0.4 is 0 Å². The molecule has 3 rings (SSSR count). The molecule has 1 N–H and O–H groups in total.